The molecule has 0 saturated carbocycles. The summed E-state index contributed by atoms with van der Waals surface area (Å²) in [4.78, 5) is 41.7. The fraction of sp³-hybridized carbons (Fsp3) is 0.400. The maximum absolute atomic E-state index is 11.8. The zero-order chi connectivity index (χ0) is 13.3. The Hall–Kier alpha value is -1.83. The Bertz CT molecular complexity index is 556. The summed E-state index contributed by atoms with van der Waals surface area (Å²) < 4.78 is 0. The molecular formula is C10H12N4O3S. The van der Waals surface area contributed by atoms with Crippen molar-refractivity contribution >= 4 is 34.6 Å². The van der Waals surface area contributed by atoms with Gasteiger partial charge >= 0.3 is 0 Å². The van der Waals surface area contributed by atoms with Crippen LogP contribution in [0, 0.1) is 0 Å². The van der Waals surface area contributed by atoms with Crippen LogP contribution in [0.3, 0.4) is 0 Å². The number of nitrogens with one attached hydrogen (secondary N) is 1. The average molecular weight is 268 g/mol. The number of nitrogens with two attached hydrogens (primary N) is 1. The quantitative estimate of drug-likeness (QED) is 0.764. The van der Waals surface area contributed by atoms with Gasteiger partial charge in [-0.15, -0.1) is 0 Å². The van der Waals surface area contributed by atoms with Crippen LogP contribution >= 0.6 is 11.8 Å². The van der Waals surface area contributed by atoms with Gasteiger partial charge in [-0.25, -0.2) is 0 Å². The summed E-state index contributed by atoms with van der Waals surface area (Å²) in [6.07, 6.45) is 0.263. The molecule has 1 unspecified atom stereocenters. The first-order valence-electron chi connectivity index (χ1n) is 5.30. The zero-order valence-electron chi connectivity index (χ0n) is 9.67. The number of hydrogen-bond acceptors (Lipinski definition) is 6. The van der Waals surface area contributed by atoms with Gasteiger partial charge in [0.15, 0.2) is 5.12 Å². The lowest BCUT2D eigenvalue weighted by molar-refractivity contribution is -0.117. The van der Waals surface area contributed by atoms with Crippen LogP contribution in [0.15, 0.2) is 10.9 Å². The SMILES string of the molecule is CC(=O)SC1CC(=O)N(c2cc(=O)[nH]c(N)n2)C1. The highest BCUT2D eigenvalue weighted by Crippen LogP contribution is 2.27. The van der Waals surface area contributed by atoms with E-state index in [2.05, 4.69) is 9.97 Å². The molecule has 1 saturated heterocycles. The number of nitrogen functional groups attached to an aromatic ring is 1. The third-order valence-electron chi connectivity index (χ3n) is 2.45. The molecule has 1 fully saturated rings. The van der Waals surface area contributed by atoms with Gasteiger partial charge < -0.3 is 5.73 Å². The van der Waals surface area contributed by atoms with Gasteiger partial charge in [0, 0.05) is 31.2 Å². The molecule has 1 aliphatic rings. The van der Waals surface area contributed by atoms with Crippen molar-refractivity contribution in [2.45, 2.75) is 18.6 Å². The Balaban J connectivity index is 2.21. The first-order valence-corrected chi connectivity index (χ1v) is 6.18. The molecule has 1 aromatic heterocycles. The number of H-pyrrole nitrogens is 1. The van der Waals surface area contributed by atoms with Crippen molar-refractivity contribution in [1.29, 1.82) is 0 Å². The molecule has 0 spiro atoms. The molecule has 0 bridgehead atoms. The number of carbonyl (C=O) groups excluding carboxylic acids is 2. The number of nitrogens with zero attached hydrogens (tertiary/aromatic N) is 2. The van der Waals surface area contributed by atoms with Crippen molar-refractivity contribution in [2.24, 2.45) is 0 Å². The fourth-order valence-electron chi connectivity index (χ4n) is 1.81. The second-order valence-electron chi connectivity index (χ2n) is 3.93. The van der Waals surface area contributed by atoms with E-state index in [1.165, 1.54) is 17.9 Å². The largest absolute Gasteiger partial charge is 0.369 e. The van der Waals surface area contributed by atoms with E-state index in [1.54, 1.807) is 0 Å². The van der Waals surface area contributed by atoms with E-state index in [4.69, 9.17) is 5.73 Å². The number of carbonyl (C=O) groups is 2. The van der Waals surface area contributed by atoms with E-state index in [0.29, 0.717) is 6.54 Å². The van der Waals surface area contributed by atoms with Crippen molar-refractivity contribution in [1.82, 2.24) is 9.97 Å². The average Bonchev–Trinajstić information content (AvgIpc) is 2.56. The summed E-state index contributed by atoms with van der Waals surface area (Å²) in [5, 5.41) is -0.134. The van der Waals surface area contributed by atoms with Gasteiger partial charge in [0.1, 0.15) is 5.82 Å². The van der Waals surface area contributed by atoms with Crippen molar-refractivity contribution < 1.29 is 9.59 Å². The summed E-state index contributed by atoms with van der Waals surface area (Å²) in [5.74, 6) is 0.0344. The minimum absolute atomic E-state index is 0.0342. The predicted molar refractivity (Wildman–Crippen MR) is 68.3 cm³/mol. The number of amides is 1. The molecular weight excluding hydrogens is 256 g/mol. The third-order valence-corrected chi connectivity index (χ3v) is 3.43. The van der Waals surface area contributed by atoms with Crippen molar-refractivity contribution in [3.8, 4) is 0 Å². The lowest BCUT2D eigenvalue weighted by Crippen LogP contribution is -2.28. The van der Waals surface area contributed by atoms with E-state index in [-0.39, 0.29) is 34.5 Å². The molecule has 18 heavy (non-hydrogen) atoms. The van der Waals surface area contributed by atoms with Crippen LogP contribution in [0.1, 0.15) is 13.3 Å². The Morgan fingerprint density at radius 3 is 2.94 bits per heavy atom. The van der Waals surface area contributed by atoms with Crippen LogP contribution in [0.4, 0.5) is 11.8 Å². The van der Waals surface area contributed by atoms with Gasteiger partial charge in [0.05, 0.1) is 0 Å². The van der Waals surface area contributed by atoms with Crippen molar-refractivity contribution in [3.63, 3.8) is 0 Å². The highest BCUT2D eigenvalue weighted by molar-refractivity contribution is 8.14. The van der Waals surface area contributed by atoms with Gasteiger partial charge in [-0.05, 0) is 0 Å². The maximum atomic E-state index is 11.8. The van der Waals surface area contributed by atoms with Crippen LogP contribution < -0.4 is 16.2 Å². The van der Waals surface area contributed by atoms with E-state index in [0.717, 1.165) is 11.8 Å². The Morgan fingerprint density at radius 2 is 2.33 bits per heavy atom. The minimum atomic E-state index is -0.409. The van der Waals surface area contributed by atoms with E-state index >= 15 is 0 Å². The van der Waals surface area contributed by atoms with Gasteiger partial charge in [0.2, 0.25) is 11.9 Å². The van der Waals surface area contributed by atoms with Crippen LogP contribution in [0.2, 0.25) is 0 Å². The molecule has 1 atom stereocenters. The van der Waals surface area contributed by atoms with Crippen LogP contribution in [0.25, 0.3) is 0 Å². The van der Waals surface area contributed by atoms with E-state index in [9.17, 15) is 14.4 Å². The first kappa shape index (κ1) is 12.6. The predicted octanol–water partition coefficient (Wildman–Crippen LogP) is -0.263. The van der Waals surface area contributed by atoms with Gasteiger partial charge in [-0.3, -0.25) is 24.3 Å². The van der Waals surface area contributed by atoms with Crippen molar-refractivity contribution in [2.75, 3.05) is 17.2 Å². The number of rotatable bonds is 2. The molecule has 1 aliphatic heterocycles. The summed E-state index contributed by atoms with van der Waals surface area (Å²) in [7, 11) is 0. The minimum Gasteiger partial charge on any atom is -0.369 e. The molecule has 0 aromatic carbocycles. The smallest absolute Gasteiger partial charge is 0.254 e. The lowest BCUT2D eigenvalue weighted by Gasteiger charge is -2.14. The molecule has 0 radical (unpaired) electrons. The fourth-order valence-corrected chi connectivity index (χ4v) is 2.73. The molecule has 7 nitrogen and oxygen atoms in total. The maximum Gasteiger partial charge on any atom is 0.254 e. The molecule has 2 heterocycles. The monoisotopic (exact) mass is 268 g/mol. The Morgan fingerprint density at radius 1 is 1.61 bits per heavy atom. The van der Waals surface area contributed by atoms with E-state index in [1.807, 2.05) is 0 Å². The summed E-state index contributed by atoms with van der Waals surface area (Å²) in [6, 6.07) is 1.22. The molecule has 0 aliphatic carbocycles. The Kier molecular flexibility index (Phi) is 3.37. The van der Waals surface area contributed by atoms with Crippen LogP contribution in [-0.4, -0.2) is 32.8 Å². The molecule has 1 amide bonds. The second-order valence-corrected chi connectivity index (χ2v) is 5.41. The number of thioether (sulfide) groups is 1. The zero-order valence-corrected chi connectivity index (χ0v) is 10.5. The summed E-state index contributed by atoms with van der Waals surface area (Å²) in [5.41, 5.74) is 5.01. The number of hydrogen-bond donors (Lipinski definition) is 2. The van der Waals surface area contributed by atoms with Crippen LogP contribution in [-0.2, 0) is 9.59 Å². The number of anilines is 2. The first-order chi connectivity index (χ1) is 8.45. The van der Waals surface area contributed by atoms with Gasteiger partial charge in [-0.1, -0.05) is 11.8 Å². The number of aromatic amines is 1. The van der Waals surface area contributed by atoms with E-state index < -0.39 is 5.56 Å². The normalized spacial score (nSPS) is 19.3. The van der Waals surface area contributed by atoms with Crippen molar-refractivity contribution in [3.05, 3.63) is 16.4 Å². The lowest BCUT2D eigenvalue weighted by atomic mass is 10.4. The molecule has 3 N–H and O–H groups in total. The third kappa shape index (κ3) is 2.70. The second kappa shape index (κ2) is 4.81. The molecule has 2 rings (SSSR count). The summed E-state index contributed by atoms with van der Waals surface area (Å²) >= 11 is 1.13. The molecule has 96 valence electrons. The molecule has 1 aromatic rings. The van der Waals surface area contributed by atoms with Gasteiger partial charge in [-0.2, -0.15) is 4.98 Å². The Labute approximate surface area is 107 Å². The highest BCUT2D eigenvalue weighted by atomic mass is 32.2. The topological polar surface area (TPSA) is 109 Å². The van der Waals surface area contributed by atoms with Crippen LogP contribution in [0.5, 0.6) is 0 Å². The number of aromatic nitrogens is 2. The standard InChI is InChI=1S/C10H12N4O3S/c1-5(15)18-6-2-9(17)14(4-6)7-3-8(16)13-10(11)12-7/h3,6H,2,4H2,1H3,(H3,11,12,13,16). The van der Waals surface area contributed by atoms with Gasteiger partial charge in [0.25, 0.3) is 5.56 Å². The highest BCUT2D eigenvalue weighted by Gasteiger charge is 2.32. The summed E-state index contributed by atoms with van der Waals surface area (Å²) in [6.45, 7) is 1.82. The molecule has 8 heteroatoms.